The summed E-state index contributed by atoms with van der Waals surface area (Å²) < 4.78 is 6.87. The van der Waals surface area contributed by atoms with Crippen molar-refractivity contribution < 1.29 is 4.74 Å². The van der Waals surface area contributed by atoms with Crippen LogP contribution in [-0.2, 0) is 6.54 Å². The first-order valence-electron chi connectivity index (χ1n) is 4.84. The molecule has 2 rings (SSSR count). The standard InChI is InChI=1S/C10H12N4O2/c11-8-2-1-3-9(6-8)16-5-4-14-7-12-13-10(14)15/h1-3,6-7H,4-5,11H2,(H,13,15). The van der Waals surface area contributed by atoms with E-state index in [9.17, 15) is 4.79 Å². The van der Waals surface area contributed by atoms with Gasteiger partial charge in [-0.25, -0.2) is 9.89 Å². The molecule has 3 N–H and O–H groups in total. The van der Waals surface area contributed by atoms with E-state index >= 15 is 0 Å². The number of nitrogens with one attached hydrogen (secondary N) is 1. The molecule has 0 amide bonds. The van der Waals surface area contributed by atoms with Crippen LogP contribution in [0, 0.1) is 0 Å². The average Bonchev–Trinajstić information content (AvgIpc) is 2.65. The monoisotopic (exact) mass is 220 g/mol. The summed E-state index contributed by atoms with van der Waals surface area (Å²) in [5.74, 6) is 0.691. The zero-order valence-electron chi connectivity index (χ0n) is 8.59. The molecule has 0 saturated carbocycles. The van der Waals surface area contributed by atoms with Gasteiger partial charge in [0.15, 0.2) is 0 Å². The molecule has 2 aromatic rings. The van der Waals surface area contributed by atoms with Gasteiger partial charge in [0.25, 0.3) is 0 Å². The maximum Gasteiger partial charge on any atom is 0.343 e. The van der Waals surface area contributed by atoms with Crippen molar-refractivity contribution in [1.82, 2.24) is 14.8 Å². The van der Waals surface area contributed by atoms with Crippen molar-refractivity contribution in [3.8, 4) is 5.75 Å². The number of anilines is 1. The number of aromatic amines is 1. The molecule has 1 aromatic carbocycles. The maximum atomic E-state index is 11.1. The topological polar surface area (TPSA) is 85.9 Å². The maximum absolute atomic E-state index is 11.1. The average molecular weight is 220 g/mol. The molecule has 0 aliphatic rings. The number of H-pyrrole nitrogens is 1. The van der Waals surface area contributed by atoms with Crippen LogP contribution in [0.15, 0.2) is 35.4 Å². The minimum Gasteiger partial charge on any atom is -0.492 e. The summed E-state index contributed by atoms with van der Waals surface area (Å²) in [5, 5.41) is 5.92. The molecule has 84 valence electrons. The number of hydrogen-bond donors (Lipinski definition) is 2. The van der Waals surface area contributed by atoms with Gasteiger partial charge in [-0.1, -0.05) is 6.07 Å². The van der Waals surface area contributed by atoms with E-state index in [1.54, 1.807) is 12.1 Å². The number of nitrogens with zero attached hydrogens (tertiary/aromatic N) is 2. The number of benzene rings is 1. The zero-order chi connectivity index (χ0) is 11.4. The van der Waals surface area contributed by atoms with Crippen LogP contribution in [0.3, 0.4) is 0 Å². The van der Waals surface area contributed by atoms with Gasteiger partial charge in [0.2, 0.25) is 0 Å². The van der Waals surface area contributed by atoms with Crippen LogP contribution in [0.4, 0.5) is 5.69 Å². The molecule has 1 aromatic heterocycles. The molecule has 0 aliphatic carbocycles. The summed E-state index contributed by atoms with van der Waals surface area (Å²) in [6, 6.07) is 7.15. The van der Waals surface area contributed by atoms with E-state index < -0.39 is 0 Å². The minimum absolute atomic E-state index is 0.240. The van der Waals surface area contributed by atoms with Crippen molar-refractivity contribution in [3.63, 3.8) is 0 Å². The second kappa shape index (κ2) is 4.52. The summed E-state index contributed by atoms with van der Waals surface area (Å²) in [6.07, 6.45) is 1.44. The lowest BCUT2D eigenvalue weighted by molar-refractivity contribution is 0.296. The Morgan fingerprint density at radius 3 is 3.06 bits per heavy atom. The third kappa shape index (κ3) is 2.41. The van der Waals surface area contributed by atoms with Crippen LogP contribution < -0.4 is 16.2 Å². The molecule has 0 bridgehead atoms. The predicted octanol–water partition coefficient (Wildman–Crippen LogP) is 0.233. The molecule has 0 spiro atoms. The van der Waals surface area contributed by atoms with Gasteiger partial charge in [-0.3, -0.25) is 4.57 Å². The van der Waals surface area contributed by atoms with Crippen molar-refractivity contribution in [3.05, 3.63) is 41.1 Å². The Hall–Kier alpha value is -2.24. The summed E-state index contributed by atoms with van der Waals surface area (Å²) in [4.78, 5) is 11.1. The first kappa shape index (κ1) is 10.3. The van der Waals surface area contributed by atoms with Gasteiger partial charge in [-0.15, -0.1) is 0 Å². The van der Waals surface area contributed by atoms with E-state index in [2.05, 4.69) is 10.2 Å². The van der Waals surface area contributed by atoms with Gasteiger partial charge >= 0.3 is 5.69 Å². The summed E-state index contributed by atoms with van der Waals surface area (Å²) in [7, 11) is 0. The summed E-state index contributed by atoms with van der Waals surface area (Å²) in [5.41, 5.74) is 6.01. The molecule has 6 heteroatoms. The highest BCUT2D eigenvalue weighted by Gasteiger charge is 1.98. The van der Waals surface area contributed by atoms with E-state index in [1.165, 1.54) is 10.9 Å². The molecule has 0 radical (unpaired) electrons. The zero-order valence-corrected chi connectivity index (χ0v) is 8.59. The van der Waals surface area contributed by atoms with Crippen LogP contribution in [0.5, 0.6) is 5.75 Å². The third-order valence-electron chi connectivity index (χ3n) is 2.08. The Labute approximate surface area is 91.7 Å². The highest BCUT2D eigenvalue weighted by Crippen LogP contribution is 2.13. The predicted molar refractivity (Wildman–Crippen MR) is 59.2 cm³/mol. The quantitative estimate of drug-likeness (QED) is 0.722. The number of nitrogen functional groups attached to an aromatic ring is 1. The highest BCUT2D eigenvalue weighted by atomic mass is 16.5. The van der Waals surface area contributed by atoms with Gasteiger partial charge in [-0.2, -0.15) is 5.10 Å². The Bertz CT molecular complexity index is 517. The molecule has 1 heterocycles. The number of rotatable bonds is 4. The second-order valence-electron chi connectivity index (χ2n) is 3.28. The molecule has 16 heavy (non-hydrogen) atoms. The molecule has 0 aliphatic heterocycles. The van der Waals surface area contributed by atoms with E-state index in [1.807, 2.05) is 12.1 Å². The molecular formula is C10H12N4O2. The molecule has 0 unspecified atom stereocenters. The van der Waals surface area contributed by atoms with Crippen molar-refractivity contribution in [2.75, 3.05) is 12.3 Å². The van der Waals surface area contributed by atoms with Gasteiger partial charge < -0.3 is 10.5 Å². The van der Waals surface area contributed by atoms with Crippen LogP contribution >= 0.6 is 0 Å². The molecular weight excluding hydrogens is 208 g/mol. The Balaban J connectivity index is 1.89. The highest BCUT2D eigenvalue weighted by molar-refractivity contribution is 5.43. The van der Waals surface area contributed by atoms with Crippen LogP contribution in [0.25, 0.3) is 0 Å². The fourth-order valence-electron chi connectivity index (χ4n) is 1.30. The van der Waals surface area contributed by atoms with Crippen LogP contribution in [-0.4, -0.2) is 21.4 Å². The lowest BCUT2D eigenvalue weighted by Gasteiger charge is -2.06. The van der Waals surface area contributed by atoms with Crippen molar-refractivity contribution in [1.29, 1.82) is 0 Å². The van der Waals surface area contributed by atoms with Crippen molar-refractivity contribution in [2.24, 2.45) is 0 Å². The van der Waals surface area contributed by atoms with Crippen molar-refractivity contribution >= 4 is 5.69 Å². The summed E-state index contributed by atoms with van der Waals surface area (Å²) in [6.45, 7) is 0.840. The number of aromatic nitrogens is 3. The SMILES string of the molecule is Nc1cccc(OCCn2cn[nH]c2=O)c1. The Kier molecular flexibility index (Phi) is 2.90. The number of ether oxygens (including phenoxy) is 1. The van der Waals surface area contributed by atoms with Gasteiger partial charge in [-0.05, 0) is 12.1 Å². The van der Waals surface area contributed by atoms with E-state index in [4.69, 9.17) is 10.5 Å². The van der Waals surface area contributed by atoms with Crippen LogP contribution in [0.2, 0.25) is 0 Å². The van der Waals surface area contributed by atoms with Gasteiger partial charge in [0.05, 0.1) is 6.54 Å². The first-order valence-corrected chi connectivity index (χ1v) is 4.84. The first-order chi connectivity index (χ1) is 7.75. The number of nitrogens with two attached hydrogens (primary N) is 1. The van der Waals surface area contributed by atoms with Crippen LogP contribution in [0.1, 0.15) is 0 Å². The molecule has 0 saturated heterocycles. The molecule has 0 fully saturated rings. The van der Waals surface area contributed by atoms with Gasteiger partial charge in [0, 0.05) is 11.8 Å². The van der Waals surface area contributed by atoms with Crippen molar-refractivity contribution in [2.45, 2.75) is 6.54 Å². The van der Waals surface area contributed by atoms with E-state index in [-0.39, 0.29) is 5.69 Å². The summed E-state index contributed by atoms with van der Waals surface area (Å²) >= 11 is 0. The smallest absolute Gasteiger partial charge is 0.343 e. The normalized spacial score (nSPS) is 10.2. The largest absolute Gasteiger partial charge is 0.492 e. The van der Waals surface area contributed by atoms with E-state index in [0.717, 1.165) is 0 Å². The van der Waals surface area contributed by atoms with E-state index in [0.29, 0.717) is 24.6 Å². The Morgan fingerprint density at radius 2 is 2.38 bits per heavy atom. The molecule has 0 atom stereocenters. The minimum atomic E-state index is -0.240. The Morgan fingerprint density at radius 1 is 1.50 bits per heavy atom. The number of hydrogen-bond acceptors (Lipinski definition) is 4. The lowest BCUT2D eigenvalue weighted by Crippen LogP contribution is -2.19. The third-order valence-corrected chi connectivity index (χ3v) is 2.08. The fraction of sp³-hybridized carbons (Fsp3) is 0.200. The lowest BCUT2D eigenvalue weighted by atomic mass is 10.3. The van der Waals surface area contributed by atoms with Gasteiger partial charge in [0.1, 0.15) is 18.7 Å². The molecule has 6 nitrogen and oxygen atoms in total. The second-order valence-corrected chi connectivity index (χ2v) is 3.28. The fourth-order valence-corrected chi connectivity index (χ4v) is 1.30.